The molecule has 0 aliphatic carbocycles. The van der Waals surface area contributed by atoms with Crippen molar-refractivity contribution in [1.82, 2.24) is 4.90 Å². The van der Waals surface area contributed by atoms with E-state index < -0.39 is 0 Å². The molecule has 20 heavy (non-hydrogen) atoms. The Hall–Kier alpha value is -1.55. The number of ether oxygens (including phenoxy) is 1. The van der Waals surface area contributed by atoms with Gasteiger partial charge in [0.05, 0.1) is 13.2 Å². The van der Waals surface area contributed by atoms with Crippen LogP contribution in [0.25, 0.3) is 0 Å². The van der Waals surface area contributed by atoms with E-state index in [1.165, 1.54) is 19.3 Å². The zero-order valence-electron chi connectivity index (χ0n) is 12.2. The molecule has 1 amide bonds. The van der Waals surface area contributed by atoms with Crippen LogP contribution < -0.4 is 10.1 Å². The number of likely N-dealkylation sites (tertiary alicyclic amines) is 1. The van der Waals surface area contributed by atoms with Crippen molar-refractivity contribution in [2.45, 2.75) is 32.6 Å². The Labute approximate surface area is 121 Å². The molecule has 1 aromatic rings. The first-order valence-electron chi connectivity index (χ1n) is 7.53. The van der Waals surface area contributed by atoms with Gasteiger partial charge in [-0.2, -0.15) is 0 Å². The maximum Gasteiger partial charge on any atom is 0.238 e. The average molecular weight is 276 g/mol. The van der Waals surface area contributed by atoms with Crippen LogP contribution in [-0.2, 0) is 4.79 Å². The molecule has 0 bridgehead atoms. The Kier molecular flexibility index (Phi) is 5.87. The summed E-state index contributed by atoms with van der Waals surface area (Å²) in [6, 6.07) is 7.59. The molecule has 0 unspecified atom stereocenters. The van der Waals surface area contributed by atoms with Crippen molar-refractivity contribution in [3.63, 3.8) is 0 Å². The van der Waals surface area contributed by atoms with Crippen LogP contribution in [0, 0.1) is 0 Å². The second kappa shape index (κ2) is 7.90. The van der Waals surface area contributed by atoms with Crippen molar-refractivity contribution >= 4 is 11.6 Å². The normalized spacial score (nSPS) is 15.8. The van der Waals surface area contributed by atoms with E-state index in [0.29, 0.717) is 13.2 Å². The molecule has 1 aromatic carbocycles. The van der Waals surface area contributed by atoms with Crippen LogP contribution in [0.2, 0.25) is 0 Å². The van der Waals surface area contributed by atoms with Crippen LogP contribution in [0.4, 0.5) is 5.69 Å². The highest BCUT2D eigenvalue weighted by Crippen LogP contribution is 2.17. The average Bonchev–Trinajstić information content (AvgIpc) is 2.46. The van der Waals surface area contributed by atoms with Crippen LogP contribution in [0.3, 0.4) is 0 Å². The van der Waals surface area contributed by atoms with E-state index in [1.807, 2.05) is 24.3 Å². The summed E-state index contributed by atoms with van der Waals surface area (Å²) < 4.78 is 5.57. The van der Waals surface area contributed by atoms with Crippen molar-refractivity contribution < 1.29 is 9.53 Å². The number of rotatable bonds is 6. The topological polar surface area (TPSA) is 41.6 Å². The molecule has 1 aliphatic heterocycles. The first kappa shape index (κ1) is 14.9. The molecule has 2 rings (SSSR count). The molecule has 1 N–H and O–H groups in total. The molecule has 1 fully saturated rings. The van der Waals surface area contributed by atoms with Gasteiger partial charge >= 0.3 is 0 Å². The number of carbonyl (C=O) groups excluding carboxylic acids is 1. The highest BCUT2D eigenvalue weighted by atomic mass is 16.5. The van der Waals surface area contributed by atoms with Crippen LogP contribution in [-0.4, -0.2) is 37.0 Å². The maximum absolute atomic E-state index is 12.0. The number of piperidine rings is 1. The number of hydrogen-bond acceptors (Lipinski definition) is 3. The maximum atomic E-state index is 12.0. The van der Waals surface area contributed by atoms with Crippen LogP contribution in [0.5, 0.6) is 5.75 Å². The number of carbonyl (C=O) groups is 1. The summed E-state index contributed by atoms with van der Waals surface area (Å²) >= 11 is 0. The largest absolute Gasteiger partial charge is 0.494 e. The highest BCUT2D eigenvalue weighted by Gasteiger charge is 2.13. The van der Waals surface area contributed by atoms with Crippen molar-refractivity contribution in [3.8, 4) is 5.75 Å². The molecule has 4 heteroatoms. The lowest BCUT2D eigenvalue weighted by molar-refractivity contribution is -0.117. The lowest BCUT2D eigenvalue weighted by Crippen LogP contribution is -2.36. The molecular formula is C16H24N2O2. The summed E-state index contributed by atoms with van der Waals surface area (Å²) in [5.74, 6) is 0.863. The number of nitrogens with one attached hydrogen (secondary N) is 1. The van der Waals surface area contributed by atoms with Gasteiger partial charge in [0.15, 0.2) is 0 Å². The van der Waals surface area contributed by atoms with E-state index in [-0.39, 0.29) is 5.91 Å². The molecule has 0 radical (unpaired) electrons. The number of anilines is 1. The quantitative estimate of drug-likeness (QED) is 0.868. The Bertz CT molecular complexity index is 428. The third-order valence-electron chi connectivity index (χ3n) is 3.41. The smallest absolute Gasteiger partial charge is 0.238 e. The van der Waals surface area contributed by atoms with Crippen LogP contribution in [0.1, 0.15) is 32.6 Å². The summed E-state index contributed by atoms with van der Waals surface area (Å²) in [5, 5.41) is 2.95. The van der Waals surface area contributed by atoms with E-state index in [4.69, 9.17) is 4.74 Å². The fourth-order valence-corrected chi connectivity index (χ4v) is 2.40. The lowest BCUT2D eigenvalue weighted by atomic mass is 10.1. The lowest BCUT2D eigenvalue weighted by Gasteiger charge is -2.25. The number of hydrogen-bond donors (Lipinski definition) is 1. The fraction of sp³-hybridized carbons (Fsp3) is 0.562. The van der Waals surface area contributed by atoms with E-state index >= 15 is 0 Å². The second-order valence-electron chi connectivity index (χ2n) is 5.26. The number of amides is 1. The third kappa shape index (κ3) is 4.85. The van der Waals surface area contributed by atoms with Gasteiger partial charge in [-0.1, -0.05) is 19.4 Å². The number of nitrogens with zero attached hydrogens (tertiary/aromatic N) is 1. The van der Waals surface area contributed by atoms with Crippen LogP contribution in [0.15, 0.2) is 24.3 Å². The monoisotopic (exact) mass is 276 g/mol. The molecule has 0 aromatic heterocycles. The SMILES string of the molecule is CCCOc1cccc(NC(=O)CN2CCCCC2)c1. The molecule has 0 atom stereocenters. The first-order valence-corrected chi connectivity index (χ1v) is 7.53. The Morgan fingerprint density at radius 3 is 2.85 bits per heavy atom. The van der Waals surface area contributed by atoms with Crippen molar-refractivity contribution in [2.24, 2.45) is 0 Å². The summed E-state index contributed by atoms with van der Waals surface area (Å²) in [7, 11) is 0. The summed E-state index contributed by atoms with van der Waals surface area (Å²) in [6.07, 6.45) is 4.67. The van der Waals surface area contributed by atoms with Gasteiger partial charge in [0.1, 0.15) is 5.75 Å². The van der Waals surface area contributed by atoms with E-state index in [0.717, 1.165) is 30.9 Å². The molecule has 0 saturated carbocycles. The number of benzene rings is 1. The molecule has 1 saturated heterocycles. The van der Waals surface area contributed by atoms with Gasteiger partial charge in [-0.3, -0.25) is 9.69 Å². The summed E-state index contributed by atoms with van der Waals surface area (Å²) in [6.45, 7) is 5.33. The predicted octanol–water partition coefficient (Wildman–Crippen LogP) is 2.90. The molecule has 110 valence electrons. The highest BCUT2D eigenvalue weighted by molar-refractivity contribution is 5.92. The Balaban J connectivity index is 1.83. The van der Waals surface area contributed by atoms with Crippen LogP contribution >= 0.6 is 0 Å². The van der Waals surface area contributed by atoms with Gasteiger partial charge in [0.25, 0.3) is 0 Å². The third-order valence-corrected chi connectivity index (χ3v) is 3.41. The minimum Gasteiger partial charge on any atom is -0.494 e. The van der Waals surface area contributed by atoms with E-state index in [9.17, 15) is 4.79 Å². The van der Waals surface area contributed by atoms with E-state index in [2.05, 4.69) is 17.1 Å². The van der Waals surface area contributed by atoms with Gasteiger partial charge in [-0.05, 0) is 44.5 Å². The first-order chi connectivity index (χ1) is 9.78. The van der Waals surface area contributed by atoms with Gasteiger partial charge in [-0.25, -0.2) is 0 Å². The predicted molar refractivity (Wildman–Crippen MR) is 81.1 cm³/mol. The van der Waals surface area contributed by atoms with Gasteiger partial charge in [0, 0.05) is 11.8 Å². The minimum absolute atomic E-state index is 0.0551. The molecule has 1 heterocycles. The second-order valence-corrected chi connectivity index (χ2v) is 5.26. The van der Waals surface area contributed by atoms with Crippen molar-refractivity contribution in [1.29, 1.82) is 0 Å². The van der Waals surface area contributed by atoms with E-state index in [1.54, 1.807) is 0 Å². The fourth-order valence-electron chi connectivity index (χ4n) is 2.40. The zero-order chi connectivity index (χ0) is 14.2. The molecule has 0 spiro atoms. The molecular weight excluding hydrogens is 252 g/mol. The standard InChI is InChI=1S/C16H24N2O2/c1-2-11-20-15-8-6-7-14(12-15)17-16(19)13-18-9-4-3-5-10-18/h6-8,12H,2-5,9-11,13H2,1H3,(H,17,19). The van der Waals surface area contributed by atoms with Crippen molar-refractivity contribution in [3.05, 3.63) is 24.3 Å². The Morgan fingerprint density at radius 1 is 1.30 bits per heavy atom. The molecule has 4 nitrogen and oxygen atoms in total. The van der Waals surface area contributed by atoms with Gasteiger partial charge < -0.3 is 10.1 Å². The summed E-state index contributed by atoms with van der Waals surface area (Å²) in [4.78, 5) is 14.2. The van der Waals surface area contributed by atoms with Gasteiger partial charge in [0.2, 0.25) is 5.91 Å². The molecule has 1 aliphatic rings. The summed E-state index contributed by atoms with van der Waals surface area (Å²) in [5.41, 5.74) is 0.806. The van der Waals surface area contributed by atoms with Crippen molar-refractivity contribution in [2.75, 3.05) is 31.6 Å². The van der Waals surface area contributed by atoms with Gasteiger partial charge in [-0.15, -0.1) is 0 Å². The Morgan fingerprint density at radius 2 is 2.10 bits per heavy atom. The zero-order valence-corrected chi connectivity index (χ0v) is 12.2. The minimum atomic E-state index is 0.0551.